The summed E-state index contributed by atoms with van der Waals surface area (Å²) in [6.07, 6.45) is 5.79. The van der Waals surface area contributed by atoms with Gasteiger partial charge in [0.15, 0.2) is 0 Å². The fourth-order valence-corrected chi connectivity index (χ4v) is 2.04. The predicted molar refractivity (Wildman–Crippen MR) is 63.1 cm³/mol. The molecule has 0 radical (unpaired) electrons. The summed E-state index contributed by atoms with van der Waals surface area (Å²) in [5.41, 5.74) is 5.47. The highest BCUT2D eigenvalue weighted by Gasteiger charge is 2.26. The van der Waals surface area contributed by atoms with Gasteiger partial charge in [-0.3, -0.25) is 0 Å². The van der Waals surface area contributed by atoms with E-state index < -0.39 is 0 Å². The lowest BCUT2D eigenvalue weighted by Crippen LogP contribution is -2.23. The van der Waals surface area contributed by atoms with Crippen molar-refractivity contribution in [2.24, 2.45) is 5.92 Å². The van der Waals surface area contributed by atoms with Gasteiger partial charge in [-0.2, -0.15) is 0 Å². The molecule has 0 saturated carbocycles. The molecule has 1 fully saturated rings. The first-order chi connectivity index (χ1) is 7.79. The fraction of sp³-hybridized carbons (Fsp3) is 0.636. The molecular formula is C11H18N4O. The smallest absolute Gasteiger partial charge is 0.144 e. The average Bonchev–Trinajstić information content (AvgIpc) is 2.76. The zero-order valence-corrected chi connectivity index (χ0v) is 9.52. The molecule has 0 amide bonds. The van der Waals surface area contributed by atoms with Crippen LogP contribution in [0.4, 0.5) is 11.6 Å². The van der Waals surface area contributed by atoms with E-state index in [2.05, 4.69) is 22.2 Å². The Morgan fingerprint density at radius 3 is 3.06 bits per heavy atom. The Hall–Kier alpha value is -1.36. The number of nitrogens with zero attached hydrogens (tertiary/aromatic N) is 2. The van der Waals surface area contributed by atoms with E-state index in [1.54, 1.807) is 12.4 Å². The summed E-state index contributed by atoms with van der Waals surface area (Å²) in [6, 6.07) is 0. The molecule has 0 spiro atoms. The summed E-state index contributed by atoms with van der Waals surface area (Å²) in [5.74, 6) is 1.79. The number of nitrogen functional groups attached to an aromatic ring is 1. The van der Waals surface area contributed by atoms with Crippen LogP contribution in [0.3, 0.4) is 0 Å². The molecule has 3 N–H and O–H groups in total. The quantitative estimate of drug-likeness (QED) is 0.803. The zero-order valence-electron chi connectivity index (χ0n) is 9.52. The summed E-state index contributed by atoms with van der Waals surface area (Å²) < 4.78 is 5.63. The summed E-state index contributed by atoms with van der Waals surface area (Å²) in [6.45, 7) is 3.92. The van der Waals surface area contributed by atoms with E-state index in [9.17, 15) is 0 Å². The third-order valence-corrected chi connectivity index (χ3v) is 2.97. The Labute approximate surface area is 95.4 Å². The van der Waals surface area contributed by atoms with Crippen LogP contribution < -0.4 is 11.1 Å². The number of ether oxygens (including phenoxy) is 1. The molecule has 1 aromatic rings. The third-order valence-electron chi connectivity index (χ3n) is 2.97. The number of rotatable bonds is 4. The molecule has 5 heteroatoms. The van der Waals surface area contributed by atoms with Crippen LogP contribution in [0.25, 0.3) is 0 Å². The number of hydrogen-bond acceptors (Lipinski definition) is 5. The topological polar surface area (TPSA) is 73.1 Å². The maximum Gasteiger partial charge on any atom is 0.144 e. The Morgan fingerprint density at radius 1 is 1.50 bits per heavy atom. The fourth-order valence-electron chi connectivity index (χ4n) is 2.04. The second-order valence-corrected chi connectivity index (χ2v) is 4.07. The summed E-state index contributed by atoms with van der Waals surface area (Å²) >= 11 is 0. The van der Waals surface area contributed by atoms with E-state index in [1.807, 2.05) is 0 Å². The molecule has 2 rings (SSSR count). The minimum Gasteiger partial charge on any atom is -0.382 e. The second kappa shape index (κ2) is 5.12. The molecule has 1 aromatic heterocycles. The van der Waals surface area contributed by atoms with Crippen LogP contribution in [0, 0.1) is 5.92 Å². The van der Waals surface area contributed by atoms with Crippen molar-refractivity contribution in [3.8, 4) is 0 Å². The summed E-state index contributed by atoms with van der Waals surface area (Å²) in [7, 11) is 0. The lowest BCUT2D eigenvalue weighted by molar-refractivity contribution is 0.0900. The van der Waals surface area contributed by atoms with Gasteiger partial charge < -0.3 is 15.8 Å². The van der Waals surface area contributed by atoms with Crippen LogP contribution in [0.5, 0.6) is 0 Å². The van der Waals surface area contributed by atoms with Crippen molar-refractivity contribution < 1.29 is 4.74 Å². The van der Waals surface area contributed by atoms with Crippen molar-refractivity contribution in [3.63, 3.8) is 0 Å². The van der Waals surface area contributed by atoms with Gasteiger partial charge in [-0.05, 0) is 12.8 Å². The molecule has 2 unspecified atom stereocenters. The highest BCUT2D eigenvalue weighted by Crippen LogP contribution is 2.23. The van der Waals surface area contributed by atoms with Gasteiger partial charge in [0.25, 0.3) is 0 Å². The van der Waals surface area contributed by atoms with Gasteiger partial charge in [0.1, 0.15) is 11.6 Å². The Balaban J connectivity index is 1.85. The molecule has 88 valence electrons. The van der Waals surface area contributed by atoms with Gasteiger partial charge in [-0.15, -0.1) is 0 Å². The number of anilines is 2. The number of nitrogens with one attached hydrogen (secondary N) is 1. The Morgan fingerprint density at radius 2 is 2.38 bits per heavy atom. The standard InChI is InChI=1S/C11H18N4O/c1-2-9-8(3-4-16-9)5-14-11-7-13-10(12)6-15-11/h6-9H,2-5H2,1H3,(H2,12,13)(H,14,15). The highest BCUT2D eigenvalue weighted by atomic mass is 16.5. The lowest BCUT2D eigenvalue weighted by atomic mass is 10.00. The first-order valence-corrected chi connectivity index (χ1v) is 5.72. The van der Waals surface area contributed by atoms with Gasteiger partial charge in [0.05, 0.1) is 18.5 Å². The van der Waals surface area contributed by atoms with Crippen molar-refractivity contribution in [2.45, 2.75) is 25.9 Å². The molecule has 5 nitrogen and oxygen atoms in total. The normalized spacial score (nSPS) is 24.6. The first kappa shape index (κ1) is 11.1. The molecule has 0 aromatic carbocycles. The van der Waals surface area contributed by atoms with E-state index in [4.69, 9.17) is 10.5 Å². The SMILES string of the molecule is CCC1OCCC1CNc1cnc(N)cn1. The van der Waals surface area contributed by atoms with Crippen LogP contribution >= 0.6 is 0 Å². The molecule has 1 saturated heterocycles. The predicted octanol–water partition coefficient (Wildman–Crippen LogP) is 1.29. The zero-order chi connectivity index (χ0) is 11.4. The Kier molecular flexibility index (Phi) is 3.56. The number of nitrogens with two attached hydrogens (primary N) is 1. The van der Waals surface area contributed by atoms with Crippen LogP contribution in [-0.2, 0) is 4.74 Å². The van der Waals surface area contributed by atoms with Gasteiger partial charge in [-0.1, -0.05) is 6.92 Å². The monoisotopic (exact) mass is 222 g/mol. The maximum absolute atomic E-state index is 5.63. The molecule has 0 aliphatic carbocycles. The van der Waals surface area contributed by atoms with Crippen LogP contribution in [0.2, 0.25) is 0 Å². The van der Waals surface area contributed by atoms with Crippen LogP contribution in [0.15, 0.2) is 12.4 Å². The molecule has 1 aliphatic heterocycles. The van der Waals surface area contributed by atoms with E-state index >= 15 is 0 Å². The molecular weight excluding hydrogens is 204 g/mol. The van der Waals surface area contributed by atoms with Crippen molar-refractivity contribution in [1.82, 2.24) is 9.97 Å². The highest BCUT2D eigenvalue weighted by molar-refractivity contribution is 5.35. The summed E-state index contributed by atoms with van der Waals surface area (Å²) in [5, 5.41) is 3.27. The maximum atomic E-state index is 5.63. The minimum absolute atomic E-state index is 0.384. The van der Waals surface area contributed by atoms with Crippen LogP contribution in [-0.4, -0.2) is 29.2 Å². The van der Waals surface area contributed by atoms with Gasteiger partial charge in [-0.25, -0.2) is 9.97 Å². The first-order valence-electron chi connectivity index (χ1n) is 5.72. The van der Waals surface area contributed by atoms with Gasteiger partial charge in [0.2, 0.25) is 0 Å². The number of hydrogen-bond donors (Lipinski definition) is 2. The van der Waals surface area contributed by atoms with Gasteiger partial charge in [0, 0.05) is 19.1 Å². The molecule has 1 aliphatic rings. The average molecular weight is 222 g/mol. The largest absolute Gasteiger partial charge is 0.382 e. The lowest BCUT2D eigenvalue weighted by Gasteiger charge is -2.17. The number of aromatic nitrogens is 2. The molecule has 2 heterocycles. The van der Waals surface area contributed by atoms with Crippen molar-refractivity contribution in [1.29, 1.82) is 0 Å². The van der Waals surface area contributed by atoms with E-state index in [0.717, 1.165) is 31.8 Å². The van der Waals surface area contributed by atoms with E-state index in [-0.39, 0.29) is 0 Å². The van der Waals surface area contributed by atoms with Gasteiger partial charge >= 0.3 is 0 Å². The van der Waals surface area contributed by atoms with Crippen molar-refractivity contribution >= 4 is 11.6 Å². The second-order valence-electron chi connectivity index (χ2n) is 4.07. The summed E-state index contributed by atoms with van der Waals surface area (Å²) in [4.78, 5) is 8.14. The molecule has 16 heavy (non-hydrogen) atoms. The van der Waals surface area contributed by atoms with E-state index in [0.29, 0.717) is 17.8 Å². The molecule has 2 atom stereocenters. The third kappa shape index (κ3) is 2.61. The van der Waals surface area contributed by atoms with Crippen molar-refractivity contribution in [2.75, 3.05) is 24.2 Å². The van der Waals surface area contributed by atoms with E-state index in [1.165, 1.54) is 0 Å². The minimum atomic E-state index is 0.384. The molecule has 0 bridgehead atoms. The van der Waals surface area contributed by atoms with Crippen molar-refractivity contribution in [3.05, 3.63) is 12.4 Å². The van der Waals surface area contributed by atoms with Crippen LogP contribution in [0.1, 0.15) is 19.8 Å². The Bertz CT molecular complexity index is 327.